The number of pyridine rings is 1. The number of amides is 1. The molecule has 0 radical (unpaired) electrons. The van der Waals surface area contributed by atoms with Gasteiger partial charge in [-0.15, -0.1) is 0 Å². The fourth-order valence-electron chi connectivity index (χ4n) is 1.07. The van der Waals surface area contributed by atoms with Crippen LogP contribution in [0.2, 0.25) is 0 Å². The van der Waals surface area contributed by atoms with Crippen molar-refractivity contribution in [3.05, 3.63) is 29.6 Å². The Hall–Kier alpha value is -0.900. The monoisotopic (exact) mass is 256 g/mol. The molecule has 1 N–H and O–H groups in total. The Labute approximate surface area is 92.1 Å². The maximum atomic E-state index is 11.7. The average Bonchev–Trinajstić information content (AvgIpc) is 2.18. The molecule has 76 valence electrons. The first-order chi connectivity index (χ1) is 6.65. The highest BCUT2D eigenvalue weighted by atomic mass is 79.9. The van der Waals surface area contributed by atoms with E-state index < -0.39 is 0 Å². The minimum atomic E-state index is -0.0446. The van der Waals surface area contributed by atoms with Crippen molar-refractivity contribution < 1.29 is 4.79 Å². The van der Waals surface area contributed by atoms with Crippen molar-refractivity contribution in [1.82, 2.24) is 10.3 Å². The Morgan fingerprint density at radius 2 is 2.43 bits per heavy atom. The van der Waals surface area contributed by atoms with E-state index in [-0.39, 0.29) is 11.9 Å². The number of aryl methyl sites for hydroxylation is 1. The molecule has 1 atom stereocenters. The second-order valence-electron chi connectivity index (χ2n) is 3.22. The van der Waals surface area contributed by atoms with Crippen LogP contribution in [-0.4, -0.2) is 22.3 Å². The zero-order valence-corrected chi connectivity index (χ0v) is 9.84. The summed E-state index contributed by atoms with van der Waals surface area (Å²) in [5, 5.41) is 3.63. The maximum absolute atomic E-state index is 11.7. The smallest absolute Gasteiger partial charge is 0.251 e. The van der Waals surface area contributed by atoms with Crippen molar-refractivity contribution in [2.75, 3.05) is 5.33 Å². The van der Waals surface area contributed by atoms with Gasteiger partial charge in [0.05, 0.1) is 0 Å². The normalized spacial score (nSPS) is 12.2. The molecule has 0 aliphatic rings. The first kappa shape index (κ1) is 11.2. The van der Waals surface area contributed by atoms with Gasteiger partial charge in [-0.3, -0.25) is 9.78 Å². The van der Waals surface area contributed by atoms with E-state index in [4.69, 9.17) is 0 Å². The topological polar surface area (TPSA) is 42.0 Å². The first-order valence-electron chi connectivity index (χ1n) is 4.42. The molecule has 1 unspecified atom stereocenters. The second kappa shape index (κ2) is 5.10. The van der Waals surface area contributed by atoms with Gasteiger partial charge in [0.2, 0.25) is 0 Å². The molecule has 0 saturated carbocycles. The molecule has 3 nitrogen and oxygen atoms in total. The van der Waals surface area contributed by atoms with Crippen LogP contribution in [0.25, 0.3) is 0 Å². The van der Waals surface area contributed by atoms with E-state index in [9.17, 15) is 4.79 Å². The lowest BCUT2D eigenvalue weighted by Gasteiger charge is -2.11. The van der Waals surface area contributed by atoms with Crippen molar-refractivity contribution in [1.29, 1.82) is 0 Å². The number of halogens is 1. The highest BCUT2D eigenvalue weighted by molar-refractivity contribution is 9.09. The third-order valence-electron chi connectivity index (χ3n) is 1.87. The van der Waals surface area contributed by atoms with Crippen molar-refractivity contribution >= 4 is 21.8 Å². The van der Waals surface area contributed by atoms with Gasteiger partial charge < -0.3 is 5.32 Å². The molecule has 0 aliphatic heterocycles. The number of aromatic nitrogens is 1. The summed E-state index contributed by atoms with van der Waals surface area (Å²) in [4.78, 5) is 15.6. The van der Waals surface area contributed by atoms with Crippen LogP contribution >= 0.6 is 15.9 Å². The van der Waals surface area contributed by atoms with E-state index in [1.54, 1.807) is 18.5 Å². The highest BCUT2D eigenvalue weighted by Crippen LogP contribution is 2.05. The molecule has 0 bridgehead atoms. The summed E-state index contributed by atoms with van der Waals surface area (Å²) < 4.78 is 0. The van der Waals surface area contributed by atoms with E-state index >= 15 is 0 Å². The molecule has 0 aromatic carbocycles. The molecule has 14 heavy (non-hydrogen) atoms. The number of nitrogens with zero attached hydrogens (tertiary/aromatic N) is 1. The van der Waals surface area contributed by atoms with Gasteiger partial charge in [0.15, 0.2) is 0 Å². The van der Waals surface area contributed by atoms with Crippen molar-refractivity contribution in [3.8, 4) is 0 Å². The van der Waals surface area contributed by atoms with Gasteiger partial charge in [-0.25, -0.2) is 0 Å². The fraction of sp³-hybridized carbons (Fsp3) is 0.400. The lowest BCUT2D eigenvalue weighted by molar-refractivity contribution is 0.0943. The molecular formula is C10H13BrN2O. The standard InChI is InChI=1S/C10H13BrN2O/c1-7-6-12-4-3-9(7)10(14)13-8(2)5-11/h3-4,6,8H,5H2,1-2H3,(H,13,14). The third kappa shape index (κ3) is 2.80. The first-order valence-corrected chi connectivity index (χ1v) is 5.54. The van der Waals surface area contributed by atoms with Crippen LogP contribution in [0.3, 0.4) is 0 Å². The van der Waals surface area contributed by atoms with Crippen LogP contribution in [0.1, 0.15) is 22.8 Å². The number of alkyl halides is 1. The molecular weight excluding hydrogens is 244 g/mol. The van der Waals surface area contributed by atoms with Gasteiger partial charge in [0.25, 0.3) is 5.91 Å². The minimum absolute atomic E-state index is 0.0446. The van der Waals surface area contributed by atoms with E-state index in [2.05, 4.69) is 26.2 Å². The van der Waals surface area contributed by atoms with Crippen molar-refractivity contribution in [2.45, 2.75) is 19.9 Å². The highest BCUT2D eigenvalue weighted by Gasteiger charge is 2.10. The van der Waals surface area contributed by atoms with Gasteiger partial charge in [0.1, 0.15) is 0 Å². The van der Waals surface area contributed by atoms with Crippen LogP contribution in [0.15, 0.2) is 18.5 Å². The van der Waals surface area contributed by atoms with E-state index in [0.29, 0.717) is 5.56 Å². The van der Waals surface area contributed by atoms with Crippen molar-refractivity contribution in [2.24, 2.45) is 0 Å². The molecule has 1 amide bonds. The zero-order valence-electron chi connectivity index (χ0n) is 8.25. The zero-order chi connectivity index (χ0) is 10.6. The Balaban J connectivity index is 2.75. The number of rotatable bonds is 3. The van der Waals surface area contributed by atoms with E-state index in [0.717, 1.165) is 10.9 Å². The van der Waals surface area contributed by atoms with Gasteiger partial charge >= 0.3 is 0 Å². The quantitative estimate of drug-likeness (QED) is 0.840. The molecule has 1 rings (SSSR count). The van der Waals surface area contributed by atoms with Gasteiger partial charge in [-0.05, 0) is 25.5 Å². The SMILES string of the molecule is Cc1cnccc1C(=O)NC(C)CBr. The van der Waals surface area contributed by atoms with Crippen LogP contribution in [-0.2, 0) is 0 Å². The fourth-order valence-corrected chi connectivity index (χ4v) is 1.23. The lowest BCUT2D eigenvalue weighted by Crippen LogP contribution is -2.33. The van der Waals surface area contributed by atoms with Crippen LogP contribution in [0, 0.1) is 6.92 Å². The lowest BCUT2D eigenvalue weighted by atomic mass is 10.1. The molecule has 4 heteroatoms. The Kier molecular flexibility index (Phi) is 4.07. The predicted octanol–water partition coefficient (Wildman–Crippen LogP) is 1.90. The molecule has 0 aliphatic carbocycles. The Bertz CT molecular complexity index is 328. The molecule has 1 aromatic heterocycles. The largest absolute Gasteiger partial charge is 0.349 e. The Morgan fingerprint density at radius 1 is 1.71 bits per heavy atom. The molecule has 0 spiro atoms. The predicted molar refractivity (Wildman–Crippen MR) is 59.7 cm³/mol. The summed E-state index contributed by atoms with van der Waals surface area (Å²) >= 11 is 3.31. The molecule has 0 saturated heterocycles. The summed E-state index contributed by atoms with van der Waals surface area (Å²) in [6.45, 7) is 3.82. The van der Waals surface area contributed by atoms with Crippen LogP contribution in [0.5, 0.6) is 0 Å². The molecule has 1 heterocycles. The maximum Gasteiger partial charge on any atom is 0.251 e. The molecule has 0 fully saturated rings. The van der Waals surface area contributed by atoms with Gasteiger partial charge in [0, 0.05) is 29.3 Å². The number of hydrogen-bond donors (Lipinski definition) is 1. The van der Waals surface area contributed by atoms with Crippen LogP contribution in [0.4, 0.5) is 0 Å². The van der Waals surface area contributed by atoms with Crippen LogP contribution < -0.4 is 5.32 Å². The number of carbonyl (C=O) groups is 1. The summed E-state index contributed by atoms with van der Waals surface area (Å²) in [7, 11) is 0. The number of nitrogens with one attached hydrogen (secondary N) is 1. The van der Waals surface area contributed by atoms with Gasteiger partial charge in [-0.2, -0.15) is 0 Å². The Morgan fingerprint density at radius 3 is 3.00 bits per heavy atom. The number of carbonyl (C=O) groups excluding carboxylic acids is 1. The summed E-state index contributed by atoms with van der Waals surface area (Å²) in [5.41, 5.74) is 1.58. The second-order valence-corrected chi connectivity index (χ2v) is 3.87. The van der Waals surface area contributed by atoms with Crippen molar-refractivity contribution in [3.63, 3.8) is 0 Å². The molecule has 1 aromatic rings. The summed E-state index contributed by atoms with van der Waals surface area (Å²) in [6, 6.07) is 1.86. The average molecular weight is 257 g/mol. The third-order valence-corrected chi connectivity index (χ3v) is 2.85. The summed E-state index contributed by atoms with van der Waals surface area (Å²) in [6.07, 6.45) is 3.31. The number of hydrogen-bond acceptors (Lipinski definition) is 2. The van der Waals surface area contributed by atoms with E-state index in [1.165, 1.54) is 0 Å². The minimum Gasteiger partial charge on any atom is -0.349 e. The summed E-state index contributed by atoms with van der Waals surface area (Å²) in [5.74, 6) is -0.0446. The van der Waals surface area contributed by atoms with Gasteiger partial charge in [-0.1, -0.05) is 15.9 Å². The van der Waals surface area contributed by atoms with E-state index in [1.807, 2.05) is 13.8 Å².